The average molecular weight is 396 g/mol. The molecule has 3 aromatic rings. The van der Waals surface area contributed by atoms with E-state index in [2.05, 4.69) is 27.1 Å². The van der Waals surface area contributed by atoms with Gasteiger partial charge in [-0.05, 0) is 36.6 Å². The van der Waals surface area contributed by atoms with E-state index in [4.69, 9.17) is 11.6 Å². The molecular weight excluding hydrogens is 383 g/mol. The zero-order valence-corrected chi connectivity index (χ0v) is 15.1. The fraction of sp³-hybridized carbons (Fsp3) is 0.222. The number of benzene rings is 1. The number of halogens is 4. The van der Waals surface area contributed by atoms with Crippen LogP contribution in [0.15, 0.2) is 36.0 Å². The van der Waals surface area contributed by atoms with Crippen LogP contribution in [-0.2, 0) is 6.18 Å². The average Bonchev–Trinajstić information content (AvgIpc) is 3.05. The van der Waals surface area contributed by atoms with Crippen molar-refractivity contribution in [3.05, 3.63) is 52.1 Å². The maximum absolute atomic E-state index is 12.6. The van der Waals surface area contributed by atoms with Crippen molar-refractivity contribution >= 4 is 39.0 Å². The van der Waals surface area contributed by atoms with Crippen molar-refractivity contribution in [1.82, 2.24) is 9.97 Å². The molecule has 0 fully saturated rings. The number of rotatable bonds is 3. The van der Waals surface area contributed by atoms with Crippen LogP contribution in [0.2, 0.25) is 5.02 Å². The molecule has 0 aliphatic heterocycles. The molecule has 0 aliphatic rings. The molecule has 0 radical (unpaired) electrons. The molecule has 1 atom stereocenters. The van der Waals surface area contributed by atoms with Gasteiger partial charge in [-0.25, -0.2) is 9.97 Å². The number of aromatic nitrogens is 2. The lowest BCUT2D eigenvalue weighted by Gasteiger charge is -2.12. The zero-order chi connectivity index (χ0) is 18.7. The van der Waals surface area contributed by atoms with Crippen molar-refractivity contribution in [3.63, 3.8) is 0 Å². The number of hydrogen-bond donors (Lipinski definition) is 1. The van der Waals surface area contributed by atoms with Crippen LogP contribution >= 0.6 is 22.9 Å². The first-order valence-corrected chi connectivity index (χ1v) is 8.90. The number of thiophene rings is 1. The molecular formula is C18H13ClF3N3S. The minimum atomic E-state index is -4.42. The number of alkyl halides is 3. The molecule has 0 saturated carbocycles. The van der Waals surface area contributed by atoms with Gasteiger partial charge in [0.05, 0.1) is 16.0 Å². The molecule has 0 bridgehead atoms. The largest absolute Gasteiger partial charge is 0.416 e. The number of nitrogens with one attached hydrogen (secondary N) is 1. The van der Waals surface area contributed by atoms with E-state index in [-0.39, 0.29) is 11.1 Å². The molecule has 1 unspecified atom stereocenters. The SMILES string of the molecule is CC(CC#Cc1ccc(C(F)(F)F)cc1Cl)Nc1ncnc2sccc12. The van der Waals surface area contributed by atoms with E-state index in [0.29, 0.717) is 12.0 Å². The third-order valence-corrected chi connectivity index (χ3v) is 4.71. The lowest BCUT2D eigenvalue weighted by Crippen LogP contribution is -2.15. The third kappa shape index (κ3) is 4.26. The van der Waals surface area contributed by atoms with E-state index >= 15 is 0 Å². The summed E-state index contributed by atoms with van der Waals surface area (Å²) in [5.74, 6) is 6.50. The second kappa shape index (κ2) is 7.52. The quantitative estimate of drug-likeness (QED) is 0.586. The first-order valence-electron chi connectivity index (χ1n) is 7.65. The minimum Gasteiger partial charge on any atom is -0.366 e. The molecule has 0 spiro atoms. The molecule has 2 aromatic heterocycles. The van der Waals surface area contributed by atoms with Crippen LogP contribution in [0.1, 0.15) is 24.5 Å². The van der Waals surface area contributed by atoms with E-state index in [1.807, 2.05) is 18.4 Å². The maximum Gasteiger partial charge on any atom is 0.416 e. The van der Waals surface area contributed by atoms with Gasteiger partial charge in [0.15, 0.2) is 0 Å². The summed E-state index contributed by atoms with van der Waals surface area (Å²) in [4.78, 5) is 9.33. The van der Waals surface area contributed by atoms with Crippen LogP contribution in [0.5, 0.6) is 0 Å². The van der Waals surface area contributed by atoms with Crippen LogP contribution in [0.4, 0.5) is 19.0 Å². The van der Waals surface area contributed by atoms with Gasteiger partial charge in [0.2, 0.25) is 0 Å². The van der Waals surface area contributed by atoms with Gasteiger partial charge in [0.1, 0.15) is 17.0 Å². The minimum absolute atomic E-state index is 0.00581. The monoisotopic (exact) mass is 395 g/mol. The van der Waals surface area contributed by atoms with Crippen molar-refractivity contribution in [2.45, 2.75) is 25.6 Å². The van der Waals surface area contributed by atoms with E-state index < -0.39 is 11.7 Å². The van der Waals surface area contributed by atoms with Gasteiger partial charge in [0, 0.05) is 18.0 Å². The molecule has 3 nitrogen and oxygen atoms in total. The Labute approximate surface area is 157 Å². The van der Waals surface area contributed by atoms with Crippen LogP contribution in [0, 0.1) is 11.8 Å². The van der Waals surface area contributed by atoms with Gasteiger partial charge in [-0.3, -0.25) is 0 Å². The topological polar surface area (TPSA) is 37.8 Å². The highest BCUT2D eigenvalue weighted by Gasteiger charge is 2.30. The van der Waals surface area contributed by atoms with Crippen molar-refractivity contribution < 1.29 is 13.2 Å². The maximum atomic E-state index is 12.6. The summed E-state index contributed by atoms with van der Waals surface area (Å²) in [6.45, 7) is 1.95. The molecule has 0 saturated heterocycles. The summed E-state index contributed by atoms with van der Waals surface area (Å²) in [7, 11) is 0. The first kappa shape index (κ1) is 18.5. The summed E-state index contributed by atoms with van der Waals surface area (Å²) in [6.07, 6.45) is -2.44. The second-order valence-corrected chi connectivity index (χ2v) is 6.91. The molecule has 2 heterocycles. The van der Waals surface area contributed by atoms with Crippen molar-refractivity contribution in [1.29, 1.82) is 0 Å². The lowest BCUT2D eigenvalue weighted by molar-refractivity contribution is -0.137. The second-order valence-electron chi connectivity index (χ2n) is 5.61. The lowest BCUT2D eigenvalue weighted by atomic mass is 10.1. The zero-order valence-electron chi connectivity index (χ0n) is 13.6. The Kier molecular flexibility index (Phi) is 5.35. The molecule has 134 valence electrons. The van der Waals surface area contributed by atoms with Crippen LogP contribution in [-0.4, -0.2) is 16.0 Å². The predicted octanol–water partition coefficient (Wildman–Crippen LogP) is 5.61. The van der Waals surface area contributed by atoms with E-state index in [9.17, 15) is 13.2 Å². The van der Waals surface area contributed by atoms with E-state index in [1.165, 1.54) is 23.7 Å². The third-order valence-electron chi connectivity index (χ3n) is 3.57. The summed E-state index contributed by atoms with van der Waals surface area (Å²) in [5, 5.41) is 6.16. The van der Waals surface area contributed by atoms with Crippen LogP contribution in [0.25, 0.3) is 10.2 Å². The Morgan fingerprint density at radius 1 is 1.27 bits per heavy atom. The molecule has 26 heavy (non-hydrogen) atoms. The van der Waals surface area contributed by atoms with E-state index in [1.54, 1.807) is 0 Å². The summed E-state index contributed by atoms with van der Waals surface area (Å²) < 4.78 is 37.9. The number of anilines is 1. The van der Waals surface area contributed by atoms with Gasteiger partial charge in [-0.15, -0.1) is 11.3 Å². The van der Waals surface area contributed by atoms with Gasteiger partial charge >= 0.3 is 6.18 Å². The standard InChI is InChI=1S/C18H13ClF3N3S/c1-11(25-16-14-7-8-26-17(14)24-10-23-16)3-2-4-12-5-6-13(9-15(12)19)18(20,21)22/h5-11H,3H2,1H3,(H,23,24,25). The normalized spacial score (nSPS) is 12.5. The van der Waals surface area contributed by atoms with Gasteiger partial charge in [-0.2, -0.15) is 13.2 Å². The summed E-state index contributed by atoms with van der Waals surface area (Å²) >= 11 is 7.43. The number of fused-ring (bicyclic) bond motifs is 1. The number of nitrogens with zero attached hydrogens (tertiary/aromatic N) is 2. The molecule has 0 aliphatic carbocycles. The highest BCUT2D eigenvalue weighted by atomic mass is 35.5. The van der Waals surface area contributed by atoms with Crippen LogP contribution in [0.3, 0.4) is 0 Å². The van der Waals surface area contributed by atoms with Crippen molar-refractivity contribution in [2.75, 3.05) is 5.32 Å². The van der Waals surface area contributed by atoms with Crippen molar-refractivity contribution in [2.24, 2.45) is 0 Å². The van der Waals surface area contributed by atoms with E-state index in [0.717, 1.165) is 28.2 Å². The highest BCUT2D eigenvalue weighted by molar-refractivity contribution is 7.16. The van der Waals surface area contributed by atoms with Crippen LogP contribution < -0.4 is 5.32 Å². The van der Waals surface area contributed by atoms with Crippen molar-refractivity contribution in [3.8, 4) is 11.8 Å². The smallest absolute Gasteiger partial charge is 0.366 e. The Hall–Kier alpha value is -2.30. The first-order chi connectivity index (χ1) is 12.3. The Morgan fingerprint density at radius 3 is 2.81 bits per heavy atom. The Balaban J connectivity index is 1.67. The fourth-order valence-electron chi connectivity index (χ4n) is 2.28. The Bertz CT molecular complexity index is 988. The molecule has 1 aromatic carbocycles. The summed E-state index contributed by atoms with van der Waals surface area (Å²) in [5.41, 5.74) is -0.416. The van der Waals surface area contributed by atoms with Gasteiger partial charge in [-0.1, -0.05) is 23.4 Å². The molecule has 1 N–H and O–H groups in total. The Morgan fingerprint density at radius 2 is 2.08 bits per heavy atom. The molecule has 0 amide bonds. The number of hydrogen-bond acceptors (Lipinski definition) is 4. The molecule has 8 heteroatoms. The predicted molar refractivity (Wildman–Crippen MR) is 98.4 cm³/mol. The highest BCUT2D eigenvalue weighted by Crippen LogP contribution is 2.31. The fourth-order valence-corrected chi connectivity index (χ4v) is 3.24. The molecule has 3 rings (SSSR count). The van der Waals surface area contributed by atoms with Gasteiger partial charge in [0.25, 0.3) is 0 Å². The van der Waals surface area contributed by atoms with Gasteiger partial charge < -0.3 is 5.32 Å². The summed E-state index contributed by atoms with van der Waals surface area (Å²) in [6, 6.07) is 5.10.